The molecule has 1 aromatic heterocycles. The topological polar surface area (TPSA) is 42.4 Å². The zero-order chi connectivity index (χ0) is 9.97. The Hall–Kier alpha value is -0.450. The molecule has 2 rings (SSSR count). The van der Waals surface area contributed by atoms with E-state index in [1.165, 1.54) is 10.6 Å². The zero-order valence-electron chi connectivity index (χ0n) is 8.32. The summed E-state index contributed by atoms with van der Waals surface area (Å²) in [6.45, 7) is 3.96. The summed E-state index contributed by atoms with van der Waals surface area (Å²) in [6.07, 6.45) is 1.77. The van der Waals surface area contributed by atoms with Gasteiger partial charge in [0.1, 0.15) is 0 Å². The van der Waals surface area contributed by atoms with Gasteiger partial charge in [-0.1, -0.05) is 0 Å². The zero-order valence-corrected chi connectivity index (χ0v) is 9.14. The fraction of sp³-hybridized carbons (Fsp3) is 0.700. The van der Waals surface area contributed by atoms with Crippen LogP contribution in [0.15, 0.2) is 0 Å². The molecule has 2 heterocycles. The molecular weight excluding hydrogens is 198 g/mol. The maximum absolute atomic E-state index is 8.83. The second-order valence-corrected chi connectivity index (χ2v) is 4.87. The third kappa shape index (κ3) is 1.97. The highest BCUT2D eigenvalue weighted by molar-refractivity contribution is 7.11. The fourth-order valence-corrected chi connectivity index (χ4v) is 2.80. The average Bonchev–Trinajstić information content (AvgIpc) is 2.74. The van der Waals surface area contributed by atoms with E-state index in [0.29, 0.717) is 12.3 Å². The maximum Gasteiger partial charge on any atom is 0.0954 e. The summed E-state index contributed by atoms with van der Waals surface area (Å²) < 4.78 is 5.35. The summed E-state index contributed by atoms with van der Waals surface area (Å²) in [5, 5.41) is 9.88. The molecule has 0 aromatic carbocycles. The highest BCUT2D eigenvalue weighted by Crippen LogP contribution is 2.30. The maximum atomic E-state index is 8.83. The van der Waals surface area contributed by atoms with Crippen LogP contribution in [0.25, 0.3) is 0 Å². The van der Waals surface area contributed by atoms with Gasteiger partial charge in [-0.15, -0.1) is 11.3 Å². The molecule has 14 heavy (non-hydrogen) atoms. The number of aromatic nitrogens is 1. The fourth-order valence-electron chi connectivity index (χ4n) is 1.80. The van der Waals surface area contributed by atoms with Gasteiger partial charge in [-0.2, -0.15) is 0 Å². The summed E-state index contributed by atoms with van der Waals surface area (Å²) in [5.74, 6) is 0.485. The summed E-state index contributed by atoms with van der Waals surface area (Å²) in [5.41, 5.74) is 1.19. The third-order valence-electron chi connectivity index (χ3n) is 2.52. The Morgan fingerprint density at radius 2 is 2.50 bits per heavy atom. The van der Waals surface area contributed by atoms with E-state index in [1.807, 2.05) is 0 Å². The van der Waals surface area contributed by atoms with Crippen LogP contribution < -0.4 is 0 Å². The molecule has 1 aliphatic rings. The number of aliphatic hydroxyl groups is 1. The molecule has 0 saturated carbocycles. The molecule has 4 heteroatoms. The minimum Gasteiger partial charge on any atom is -0.396 e. The summed E-state index contributed by atoms with van der Waals surface area (Å²) in [6, 6.07) is 0. The number of nitrogens with zero attached hydrogens (tertiary/aromatic N) is 1. The Labute approximate surface area is 87.7 Å². The van der Waals surface area contributed by atoms with E-state index in [2.05, 4.69) is 11.9 Å². The molecule has 0 spiro atoms. The molecule has 1 unspecified atom stereocenters. The number of hydrogen-bond acceptors (Lipinski definition) is 4. The van der Waals surface area contributed by atoms with Gasteiger partial charge < -0.3 is 9.84 Å². The standard InChI is InChI=1S/C10H15NO2S/c1-7-10(8-3-5-13-6-8)11-9(14-7)2-4-12/h8,12H,2-6H2,1H3. The summed E-state index contributed by atoms with van der Waals surface area (Å²) in [4.78, 5) is 5.84. The Morgan fingerprint density at radius 3 is 3.14 bits per heavy atom. The van der Waals surface area contributed by atoms with Crippen molar-refractivity contribution in [1.29, 1.82) is 0 Å². The predicted molar refractivity (Wildman–Crippen MR) is 55.8 cm³/mol. The largest absolute Gasteiger partial charge is 0.396 e. The van der Waals surface area contributed by atoms with Crippen LogP contribution in [0.4, 0.5) is 0 Å². The van der Waals surface area contributed by atoms with Gasteiger partial charge in [0.2, 0.25) is 0 Å². The average molecular weight is 213 g/mol. The van der Waals surface area contributed by atoms with E-state index < -0.39 is 0 Å². The first-order chi connectivity index (χ1) is 6.81. The van der Waals surface area contributed by atoms with E-state index in [-0.39, 0.29) is 6.61 Å². The molecule has 78 valence electrons. The van der Waals surface area contributed by atoms with E-state index >= 15 is 0 Å². The van der Waals surface area contributed by atoms with Crippen molar-refractivity contribution in [2.75, 3.05) is 19.8 Å². The van der Waals surface area contributed by atoms with Crippen molar-refractivity contribution in [1.82, 2.24) is 4.98 Å². The van der Waals surface area contributed by atoms with Crippen LogP contribution in [-0.4, -0.2) is 29.9 Å². The van der Waals surface area contributed by atoms with Gasteiger partial charge in [-0.25, -0.2) is 4.98 Å². The van der Waals surface area contributed by atoms with Crippen molar-refractivity contribution < 1.29 is 9.84 Å². The van der Waals surface area contributed by atoms with E-state index in [4.69, 9.17) is 9.84 Å². The second-order valence-electron chi connectivity index (χ2n) is 3.58. The summed E-state index contributed by atoms with van der Waals surface area (Å²) in [7, 11) is 0. The minimum absolute atomic E-state index is 0.188. The first-order valence-electron chi connectivity index (χ1n) is 4.96. The van der Waals surface area contributed by atoms with E-state index in [0.717, 1.165) is 24.6 Å². The van der Waals surface area contributed by atoms with Crippen LogP contribution in [0.3, 0.4) is 0 Å². The van der Waals surface area contributed by atoms with Crippen molar-refractivity contribution in [3.05, 3.63) is 15.6 Å². The van der Waals surface area contributed by atoms with Gasteiger partial charge in [0.15, 0.2) is 0 Å². The molecule has 1 aromatic rings. The smallest absolute Gasteiger partial charge is 0.0954 e. The van der Waals surface area contributed by atoms with Crippen molar-refractivity contribution >= 4 is 11.3 Å². The number of thiazole rings is 1. The molecule has 1 atom stereocenters. The Kier molecular flexibility index (Phi) is 3.15. The van der Waals surface area contributed by atoms with E-state index in [9.17, 15) is 0 Å². The molecular formula is C10H15NO2S. The number of rotatable bonds is 3. The highest BCUT2D eigenvalue weighted by atomic mass is 32.1. The molecule has 1 aliphatic heterocycles. The van der Waals surface area contributed by atoms with Crippen LogP contribution in [-0.2, 0) is 11.2 Å². The van der Waals surface area contributed by atoms with Gasteiger partial charge in [-0.3, -0.25) is 0 Å². The monoisotopic (exact) mass is 213 g/mol. The second kappa shape index (κ2) is 4.38. The number of aliphatic hydroxyl groups excluding tert-OH is 1. The predicted octanol–water partition coefficient (Wildman–Crippen LogP) is 1.49. The Balaban J connectivity index is 2.15. The van der Waals surface area contributed by atoms with Crippen molar-refractivity contribution in [2.45, 2.75) is 25.7 Å². The molecule has 1 saturated heterocycles. The van der Waals surface area contributed by atoms with Gasteiger partial charge >= 0.3 is 0 Å². The van der Waals surface area contributed by atoms with Gasteiger partial charge in [0.25, 0.3) is 0 Å². The number of ether oxygens (including phenoxy) is 1. The number of hydrogen-bond donors (Lipinski definition) is 1. The Morgan fingerprint density at radius 1 is 1.64 bits per heavy atom. The van der Waals surface area contributed by atoms with Crippen molar-refractivity contribution in [2.24, 2.45) is 0 Å². The van der Waals surface area contributed by atoms with Crippen LogP contribution in [0.1, 0.15) is 27.9 Å². The van der Waals surface area contributed by atoms with Gasteiger partial charge in [0.05, 0.1) is 17.3 Å². The van der Waals surface area contributed by atoms with Crippen LogP contribution in [0, 0.1) is 6.92 Å². The third-order valence-corrected chi connectivity index (χ3v) is 3.57. The SMILES string of the molecule is Cc1sc(CCO)nc1C1CCOC1. The van der Waals surface area contributed by atoms with Crippen LogP contribution >= 0.6 is 11.3 Å². The van der Waals surface area contributed by atoms with Gasteiger partial charge in [-0.05, 0) is 13.3 Å². The quantitative estimate of drug-likeness (QED) is 0.827. The molecule has 0 aliphatic carbocycles. The van der Waals surface area contributed by atoms with Crippen LogP contribution in [0.2, 0.25) is 0 Å². The molecule has 0 amide bonds. The first kappa shape index (κ1) is 10.1. The minimum atomic E-state index is 0.188. The van der Waals surface area contributed by atoms with Crippen molar-refractivity contribution in [3.8, 4) is 0 Å². The molecule has 0 radical (unpaired) electrons. The molecule has 1 fully saturated rings. The molecule has 3 nitrogen and oxygen atoms in total. The van der Waals surface area contributed by atoms with Gasteiger partial charge in [0, 0.05) is 30.4 Å². The van der Waals surface area contributed by atoms with E-state index in [1.54, 1.807) is 11.3 Å². The Bertz CT molecular complexity index is 305. The normalized spacial score (nSPS) is 21.7. The summed E-state index contributed by atoms with van der Waals surface area (Å²) >= 11 is 1.70. The van der Waals surface area contributed by atoms with Crippen LogP contribution in [0.5, 0.6) is 0 Å². The highest BCUT2D eigenvalue weighted by Gasteiger charge is 2.22. The first-order valence-corrected chi connectivity index (χ1v) is 5.77. The molecule has 0 bridgehead atoms. The lowest BCUT2D eigenvalue weighted by Crippen LogP contribution is -2.00. The lowest BCUT2D eigenvalue weighted by Gasteiger charge is -2.03. The molecule has 1 N–H and O–H groups in total. The lowest BCUT2D eigenvalue weighted by molar-refractivity contribution is 0.193. The lowest BCUT2D eigenvalue weighted by atomic mass is 10.0. The van der Waals surface area contributed by atoms with Crippen molar-refractivity contribution in [3.63, 3.8) is 0 Å². The number of aryl methyl sites for hydroxylation is 1.